The molecule has 0 aliphatic carbocycles. The lowest BCUT2D eigenvalue weighted by Crippen LogP contribution is -2.17. The van der Waals surface area contributed by atoms with Crippen molar-refractivity contribution in [3.63, 3.8) is 0 Å². The van der Waals surface area contributed by atoms with Gasteiger partial charge in [-0.2, -0.15) is 0 Å². The van der Waals surface area contributed by atoms with Gasteiger partial charge in [-0.1, -0.05) is 23.7 Å². The molecule has 0 bridgehead atoms. The standard InChI is InChI=1S/C13H16ClN3/c1-10(15)6-7-17-9-16-8-13(17)11-2-4-12(14)5-3-11/h2-5,8-10H,6-7,15H2,1H3. The second-order valence-electron chi connectivity index (χ2n) is 4.25. The molecule has 2 rings (SSSR count). The van der Waals surface area contributed by atoms with E-state index in [0.717, 1.165) is 29.2 Å². The Balaban J connectivity index is 2.21. The molecule has 0 saturated heterocycles. The Morgan fingerprint density at radius 3 is 2.71 bits per heavy atom. The summed E-state index contributed by atoms with van der Waals surface area (Å²) in [5.41, 5.74) is 7.99. The van der Waals surface area contributed by atoms with Crippen molar-refractivity contribution >= 4 is 11.6 Å². The van der Waals surface area contributed by atoms with Crippen molar-refractivity contribution in [2.75, 3.05) is 0 Å². The van der Waals surface area contributed by atoms with Crippen molar-refractivity contribution in [2.24, 2.45) is 5.73 Å². The molecule has 0 spiro atoms. The number of imidazole rings is 1. The number of benzene rings is 1. The highest BCUT2D eigenvalue weighted by Crippen LogP contribution is 2.21. The largest absolute Gasteiger partial charge is 0.331 e. The van der Waals surface area contributed by atoms with Gasteiger partial charge in [0, 0.05) is 17.6 Å². The van der Waals surface area contributed by atoms with Crippen molar-refractivity contribution in [1.29, 1.82) is 0 Å². The van der Waals surface area contributed by atoms with Crippen molar-refractivity contribution in [2.45, 2.75) is 25.9 Å². The van der Waals surface area contributed by atoms with Crippen molar-refractivity contribution in [3.05, 3.63) is 41.8 Å². The first-order valence-corrected chi connectivity index (χ1v) is 6.06. The van der Waals surface area contributed by atoms with E-state index in [0.29, 0.717) is 0 Å². The van der Waals surface area contributed by atoms with Gasteiger partial charge in [0.2, 0.25) is 0 Å². The zero-order valence-electron chi connectivity index (χ0n) is 9.81. The first kappa shape index (κ1) is 12.1. The Bertz CT molecular complexity index is 474. The molecule has 1 aromatic heterocycles. The summed E-state index contributed by atoms with van der Waals surface area (Å²) in [5.74, 6) is 0. The fourth-order valence-electron chi connectivity index (χ4n) is 1.70. The maximum absolute atomic E-state index is 5.88. The molecule has 4 heteroatoms. The molecule has 0 saturated carbocycles. The van der Waals surface area contributed by atoms with Crippen LogP contribution in [0.15, 0.2) is 36.8 Å². The van der Waals surface area contributed by atoms with Gasteiger partial charge < -0.3 is 10.3 Å². The predicted octanol–water partition coefficient (Wildman–Crippen LogP) is 2.94. The van der Waals surface area contributed by atoms with Crippen LogP contribution in [-0.4, -0.2) is 15.6 Å². The van der Waals surface area contributed by atoms with E-state index < -0.39 is 0 Å². The quantitative estimate of drug-likeness (QED) is 0.906. The summed E-state index contributed by atoms with van der Waals surface area (Å²) in [7, 11) is 0. The lowest BCUT2D eigenvalue weighted by atomic mass is 10.1. The Morgan fingerprint density at radius 2 is 2.06 bits per heavy atom. The van der Waals surface area contributed by atoms with Crippen molar-refractivity contribution < 1.29 is 0 Å². The minimum Gasteiger partial charge on any atom is -0.331 e. The minimum atomic E-state index is 0.204. The molecule has 3 nitrogen and oxygen atoms in total. The monoisotopic (exact) mass is 249 g/mol. The molecule has 1 heterocycles. The van der Waals surface area contributed by atoms with Crippen LogP contribution in [0.2, 0.25) is 5.02 Å². The van der Waals surface area contributed by atoms with Crippen LogP contribution in [0.25, 0.3) is 11.3 Å². The van der Waals surface area contributed by atoms with Gasteiger partial charge in [0.05, 0.1) is 18.2 Å². The third-order valence-electron chi connectivity index (χ3n) is 2.68. The molecule has 17 heavy (non-hydrogen) atoms. The summed E-state index contributed by atoms with van der Waals surface area (Å²) >= 11 is 5.88. The van der Waals surface area contributed by atoms with Gasteiger partial charge in [-0.15, -0.1) is 0 Å². The number of hydrogen-bond acceptors (Lipinski definition) is 2. The van der Waals surface area contributed by atoms with Gasteiger partial charge in [0.15, 0.2) is 0 Å². The van der Waals surface area contributed by atoms with Crippen LogP contribution in [0.5, 0.6) is 0 Å². The average Bonchev–Trinajstić information content (AvgIpc) is 2.75. The lowest BCUT2D eigenvalue weighted by Gasteiger charge is -2.10. The number of aryl methyl sites for hydroxylation is 1. The third kappa shape index (κ3) is 3.08. The number of nitrogens with two attached hydrogens (primary N) is 1. The summed E-state index contributed by atoms with van der Waals surface area (Å²) in [5, 5.41) is 0.746. The van der Waals surface area contributed by atoms with Gasteiger partial charge >= 0.3 is 0 Å². The maximum atomic E-state index is 5.88. The zero-order chi connectivity index (χ0) is 12.3. The molecule has 0 amide bonds. The van der Waals surface area contributed by atoms with E-state index in [-0.39, 0.29) is 6.04 Å². The van der Waals surface area contributed by atoms with Gasteiger partial charge in [-0.3, -0.25) is 0 Å². The van der Waals surface area contributed by atoms with E-state index in [1.165, 1.54) is 0 Å². The van der Waals surface area contributed by atoms with E-state index in [9.17, 15) is 0 Å². The number of hydrogen-bond donors (Lipinski definition) is 1. The highest BCUT2D eigenvalue weighted by atomic mass is 35.5. The summed E-state index contributed by atoms with van der Waals surface area (Å²) in [6, 6.07) is 7.98. The summed E-state index contributed by atoms with van der Waals surface area (Å²) in [6.45, 7) is 2.90. The molecule has 0 radical (unpaired) electrons. The molecular formula is C13H16ClN3. The number of aromatic nitrogens is 2. The fraction of sp³-hybridized carbons (Fsp3) is 0.308. The summed E-state index contributed by atoms with van der Waals surface area (Å²) < 4.78 is 2.12. The van der Waals surface area contributed by atoms with E-state index in [1.807, 2.05) is 43.7 Å². The van der Waals surface area contributed by atoms with Gasteiger partial charge in [0.1, 0.15) is 0 Å². The van der Waals surface area contributed by atoms with E-state index in [4.69, 9.17) is 17.3 Å². The fourth-order valence-corrected chi connectivity index (χ4v) is 1.83. The van der Waals surface area contributed by atoms with Crippen LogP contribution in [0.1, 0.15) is 13.3 Å². The Kier molecular flexibility index (Phi) is 3.82. The van der Waals surface area contributed by atoms with Crippen LogP contribution in [0, 0.1) is 0 Å². The summed E-state index contributed by atoms with van der Waals surface area (Å²) in [6.07, 6.45) is 4.65. The highest BCUT2D eigenvalue weighted by molar-refractivity contribution is 6.30. The Hall–Kier alpha value is -1.32. The SMILES string of the molecule is CC(N)CCn1cncc1-c1ccc(Cl)cc1. The van der Waals surface area contributed by atoms with Crippen LogP contribution >= 0.6 is 11.6 Å². The smallest absolute Gasteiger partial charge is 0.0950 e. The predicted molar refractivity (Wildman–Crippen MR) is 70.9 cm³/mol. The maximum Gasteiger partial charge on any atom is 0.0950 e. The second-order valence-corrected chi connectivity index (χ2v) is 4.68. The molecule has 2 N–H and O–H groups in total. The lowest BCUT2D eigenvalue weighted by molar-refractivity contribution is 0.573. The normalized spacial score (nSPS) is 12.6. The van der Waals surface area contributed by atoms with Crippen LogP contribution in [0.4, 0.5) is 0 Å². The van der Waals surface area contributed by atoms with Crippen LogP contribution < -0.4 is 5.73 Å². The first-order valence-electron chi connectivity index (χ1n) is 5.68. The summed E-state index contributed by atoms with van der Waals surface area (Å²) in [4.78, 5) is 4.19. The first-order chi connectivity index (χ1) is 8.16. The number of rotatable bonds is 4. The Morgan fingerprint density at radius 1 is 1.35 bits per heavy atom. The molecule has 0 fully saturated rings. The van der Waals surface area contributed by atoms with Crippen LogP contribution in [0.3, 0.4) is 0 Å². The molecule has 0 aliphatic heterocycles. The van der Waals surface area contributed by atoms with Gasteiger partial charge in [-0.05, 0) is 31.0 Å². The Labute approximate surface area is 106 Å². The van der Waals surface area contributed by atoms with Gasteiger partial charge in [0.25, 0.3) is 0 Å². The highest BCUT2D eigenvalue weighted by Gasteiger charge is 2.05. The van der Waals surface area contributed by atoms with E-state index in [1.54, 1.807) is 0 Å². The zero-order valence-corrected chi connectivity index (χ0v) is 10.6. The van der Waals surface area contributed by atoms with Crippen LogP contribution in [-0.2, 0) is 6.54 Å². The molecule has 1 atom stereocenters. The number of halogens is 1. The van der Waals surface area contributed by atoms with Crippen molar-refractivity contribution in [1.82, 2.24) is 9.55 Å². The molecule has 2 aromatic rings. The van der Waals surface area contributed by atoms with Crippen molar-refractivity contribution in [3.8, 4) is 11.3 Å². The number of nitrogens with zero attached hydrogens (tertiary/aromatic N) is 2. The van der Waals surface area contributed by atoms with Gasteiger partial charge in [-0.25, -0.2) is 4.98 Å². The second kappa shape index (κ2) is 5.34. The van der Waals surface area contributed by atoms with E-state index >= 15 is 0 Å². The molecular weight excluding hydrogens is 234 g/mol. The topological polar surface area (TPSA) is 43.8 Å². The molecule has 1 aromatic carbocycles. The average molecular weight is 250 g/mol. The minimum absolute atomic E-state index is 0.204. The molecule has 0 aliphatic rings. The molecule has 90 valence electrons. The molecule has 1 unspecified atom stereocenters. The third-order valence-corrected chi connectivity index (χ3v) is 2.93. The van der Waals surface area contributed by atoms with E-state index in [2.05, 4.69) is 9.55 Å².